The van der Waals surface area contributed by atoms with Gasteiger partial charge in [-0.1, -0.05) is 23.2 Å². The Morgan fingerprint density at radius 2 is 1.72 bits per heavy atom. The maximum atomic E-state index is 11.8. The maximum absolute atomic E-state index is 11.8. The molecule has 1 aromatic carbocycles. The lowest BCUT2D eigenvalue weighted by molar-refractivity contribution is -0.114. The summed E-state index contributed by atoms with van der Waals surface area (Å²) >= 11 is 10.7. The van der Waals surface area contributed by atoms with Crippen molar-refractivity contribution in [3.63, 3.8) is 0 Å². The number of rotatable bonds is 4. The highest BCUT2D eigenvalue weighted by Gasteiger charge is 2.17. The van der Waals surface area contributed by atoms with Crippen LogP contribution < -0.4 is 5.32 Å². The molecule has 5 nitrogen and oxygen atoms in total. The van der Waals surface area contributed by atoms with Gasteiger partial charge in [0.1, 0.15) is 0 Å². The zero-order valence-corrected chi connectivity index (χ0v) is 12.1. The molecule has 1 aromatic rings. The second-order valence-corrected chi connectivity index (χ2v) is 6.85. The van der Waals surface area contributed by atoms with Gasteiger partial charge < -0.3 is 5.32 Å². The average molecular weight is 311 g/mol. The second kappa shape index (κ2) is 5.88. The van der Waals surface area contributed by atoms with Gasteiger partial charge in [0.2, 0.25) is 10.0 Å². The van der Waals surface area contributed by atoms with Gasteiger partial charge in [0.05, 0.1) is 4.90 Å². The number of nitrogens with zero attached hydrogens (tertiary/aromatic N) is 1. The number of anilines is 1. The van der Waals surface area contributed by atoms with Gasteiger partial charge in [0.25, 0.3) is 5.91 Å². The first-order valence-corrected chi connectivity index (χ1v) is 7.18. The summed E-state index contributed by atoms with van der Waals surface area (Å²) in [5, 5.41) is 2.44. The molecule has 0 spiro atoms. The standard InChI is InChI=1S/C10H12Cl2N2O3S/c1-14(2)18(16,17)8-5-3-7(4-6-8)13-10(15)9(11)12/h3-6,9H,1-2H3,(H,13,15). The molecule has 0 aliphatic rings. The molecular weight excluding hydrogens is 299 g/mol. The predicted octanol–water partition coefficient (Wildman–Crippen LogP) is 1.68. The van der Waals surface area contributed by atoms with Crippen LogP contribution in [0, 0.1) is 0 Å². The van der Waals surface area contributed by atoms with E-state index in [4.69, 9.17) is 23.2 Å². The number of nitrogens with one attached hydrogen (secondary N) is 1. The summed E-state index contributed by atoms with van der Waals surface area (Å²) in [6, 6.07) is 5.71. The molecule has 0 saturated carbocycles. The number of carbonyl (C=O) groups is 1. The Balaban J connectivity index is 2.91. The summed E-state index contributed by atoms with van der Waals surface area (Å²) in [7, 11) is -0.588. The molecule has 8 heteroatoms. The molecule has 0 bridgehead atoms. The summed E-state index contributed by atoms with van der Waals surface area (Å²) in [4.78, 5) is 10.2. The van der Waals surface area contributed by atoms with Crippen LogP contribution in [0.3, 0.4) is 0 Å². The molecule has 100 valence electrons. The fraction of sp³-hybridized carbons (Fsp3) is 0.300. The number of sulfonamides is 1. The molecule has 0 fully saturated rings. The van der Waals surface area contributed by atoms with Crippen molar-refractivity contribution in [3.8, 4) is 0 Å². The van der Waals surface area contributed by atoms with Crippen molar-refractivity contribution in [3.05, 3.63) is 24.3 Å². The third-order valence-electron chi connectivity index (χ3n) is 2.10. The van der Waals surface area contributed by atoms with E-state index >= 15 is 0 Å². The average Bonchev–Trinajstić information content (AvgIpc) is 2.29. The summed E-state index contributed by atoms with van der Waals surface area (Å²) in [5.41, 5.74) is 0.420. The first-order valence-electron chi connectivity index (χ1n) is 4.87. The number of carbonyl (C=O) groups excluding carboxylic acids is 1. The molecule has 18 heavy (non-hydrogen) atoms. The molecule has 0 atom stereocenters. The van der Waals surface area contributed by atoms with Crippen molar-refractivity contribution >= 4 is 44.8 Å². The van der Waals surface area contributed by atoms with Crippen molar-refractivity contribution in [2.75, 3.05) is 19.4 Å². The zero-order chi connectivity index (χ0) is 13.9. The fourth-order valence-electron chi connectivity index (χ4n) is 1.12. The summed E-state index contributed by atoms with van der Waals surface area (Å²) < 4.78 is 24.6. The monoisotopic (exact) mass is 310 g/mol. The zero-order valence-electron chi connectivity index (χ0n) is 9.72. The molecule has 0 heterocycles. The highest BCUT2D eigenvalue weighted by Crippen LogP contribution is 2.17. The van der Waals surface area contributed by atoms with Crippen LogP contribution in [0.4, 0.5) is 5.69 Å². The Bertz CT molecular complexity index is 527. The summed E-state index contributed by atoms with van der Waals surface area (Å²) in [6.45, 7) is 0. The van der Waals surface area contributed by atoms with Crippen LogP contribution in [0.15, 0.2) is 29.2 Å². The van der Waals surface area contributed by atoms with Gasteiger partial charge in [-0.15, -0.1) is 0 Å². The number of hydrogen-bond acceptors (Lipinski definition) is 3. The van der Waals surface area contributed by atoms with E-state index in [1.54, 1.807) is 0 Å². The molecule has 1 rings (SSSR count). The summed E-state index contributed by atoms with van der Waals surface area (Å²) in [5.74, 6) is -0.568. The third kappa shape index (κ3) is 3.58. The number of hydrogen-bond donors (Lipinski definition) is 1. The first-order chi connectivity index (χ1) is 8.25. The van der Waals surface area contributed by atoms with E-state index in [2.05, 4.69) is 5.32 Å². The normalized spacial score (nSPS) is 11.9. The van der Waals surface area contributed by atoms with Crippen LogP contribution in [0.2, 0.25) is 0 Å². The number of halogens is 2. The van der Waals surface area contributed by atoms with E-state index in [1.165, 1.54) is 38.4 Å². The molecule has 0 saturated heterocycles. The Kier molecular flexibility index (Phi) is 4.98. The molecule has 0 aliphatic carbocycles. The van der Waals surface area contributed by atoms with Crippen LogP contribution in [0.25, 0.3) is 0 Å². The minimum absolute atomic E-state index is 0.138. The van der Waals surface area contributed by atoms with Gasteiger partial charge in [0.15, 0.2) is 4.84 Å². The van der Waals surface area contributed by atoms with Crippen molar-refractivity contribution in [1.82, 2.24) is 4.31 Å². The van der Waals surface area contributed by atoms with Crippen LogP contribution in [0.5, 0.6) is 0 Å². The van der Waals surface area contributed by atoms with Crippen LogP contribution >= 0.6 is 23.2 Å². The van der Waals surface area contributed by atoms with Gasteiger partial charge in [-0.25, -0.2) is 12.7 Å². The van der Waals surface area contributed by atoms with Crippen molar-refractivity contribution < 1.29 is 13.2 Å². The van der Waals surface area contributed by atoms with E-state index in [9.17, 15) is 13.2 Å². The lowest BCUT2D eigenvalue weighted by Gasteiger charge is -2.12. The van der Waals surface area contributed by atoms with Gasteiger partial charge in [-0.2, -0.15) is 0 Å². The quantitative estimate of drug-likeness (QED) is 0.860. The summed E-state index contributed by atoms with van der Waals surface area (Å²) in [6.07, 6.45) is 0. The number of alkyl halides is 2. The van der Waals surface area contributed by atoms with Gasteiger partial charge in [-0.3, -0.25) is 4.79 Å². The Morgan fingerprint density at radius 3 is 2.11 bits per heavy atom. The maximum Gasteiger partial charge on any atom is 0.257 e. The Hall–Kier alpha value is -0.820. The van der Waals surface area contributed by atoms with E-state index in [1.807, 2.05) is 0 Å². The van der Waals surface area contributed by atoms with Crippen LogP contribution in [0.1, 0.15) is 0 Å². The van der Waals surface area contributed by atoms with Gasteiger partial charge in [-0.05, 0) is 24.3 Å². The molecule has 1 amide bonds. The van der Waals surface area contributed by atoms with Crippen LogP contribution in [-0.4, -0.2) is 37.6 Å². The lowest BCUT2D eigenvalue weighted by Crippen LogP contribution is -2.22. The number of benzene rings is 1. The second-order valence-electron chi connectivity index (χ2n) is 3.60. The van der Waals surface area contributed by atoms with E-state index < -0.39 is 20.8 Å². The largest absolute Gasteiger partial charge is 0.324 e. The van der Waals surface area contributed by atoms with E-state index in [0.29, 0.717) is 5.69 Å². The molecule has 0 radical (unpaired) electrons. The van der Waals surface area contributed by atoms with Crippen molar-refractivity contribution in [1.29, 1.82) is 0 Å². The fourth-order valence-corrected chi connectivity index (χ4v) is 2.13. The molecular formula is C10H12Cl2N2O3S. The third-order valence-corrected chi connectivity index (χ3v) is 4.32. The van der Waals surface area contributed by atoms with Gasteiger partial charge >= 0.3 is 0 Å². The van der Waals surface area contributed by atoms with Crippen molar-refractivity contribution in [2.45, 2.75) is 9.73 Å². The predicted molar refractivity (Wildman–Crippen MR) is 71.4 cm³/mol. The van der Waals surface area contributed by atoms with Crippen molar-refractivity contribution in [2.24, 2.45) is 0 Å². The van der Waals surface area contributed by atoms with Crippen LogP contribution in [-0.2, 0) is 14.8 Å². The lowest BCUT2D eigenvalue weighted by atomic mass is 10.3. The van der Waals surface area contributed by atoms with E-state index in [0.717, 1.165) is 4.31 Å². The topological polar surface area (TPSA) is 66.5 Å². The highest BCUT2D eigenvalue weighted by molar-refractivity contribution is 7.89. The molecule has 0 aromatic heterocycles. The number of amides is 1. The molecule has 1 N–H and O–H groups in total. The highest BCUT2D eigenvalue weighted by atomic mass is 35.5. The smallest absolute Gasteiger partial charge is 0.257 e. The van der Waals surface area contributed by atoms with E-state index in [-0.39, 0.29) is 4.90 Å². The van der Waals surface area contributed by atoms with Gasteiger partial charge in [0, 0.05) is 19.8 Å². The minimum Gasteiger partial charge on any atom is -0.324 e. The first kappa shape index (κ1) is 15.2. The molecule has 0 aliphatic heterocycles. The SMILES string of the molecule is CN(C)S(=O)(=O)c1ccc(NC(=O)C(Cl)Cl)cc1. The minimum atomic E-state index is -3.47. The Labute approximate surface area is 116 Å². The molecule has 0 unspecified atom stereocenters. The Morgan fingerprint density at radius 1 is 1.22 bits per heavy atom.